The summed E-state index contributed by atoms with van der Waals surface area (Å²) < 4.78 is 11.8. The van der Waals surface area contributed by atoms with Crippen molar-refractivity contribution in [2.24, 2.45) is 11.7 Å². The van der Waals surface area contributed by atoms with E-state index in [2.05, 4.69) is 30.9 Å². The van der Waals surface area contributed by atoms with Crippen molar-refractivity contribution in [2.45, 2.75) is 44.8 Å². The summed E-state index contributed by atoms with van der Waals surface area (Å²) in [7, 11) is 0. The SMILES string of the molecule is CC1CN(C(CN)c2ccc(C3CC3C)o2)CCCO1. The van der Waals surface area contributed by atoms with Crippen LogP contribution in [0.2, 0.25) is 0 Å². The Morgan fingerprint density at radius 1 is 1.40 bits per heavy atom. The Labute approximate surface area is 121 Å². The maximum absolute atomic E-state index is 6.10. The van der Waals surface area contributed by atoms with Crippen LogP contribution in [0, 0.1) is 5.92 Å². The van der Waals surface area contributed by atoms with Gasteiger partial charge in [0.15, 0.2) is 0 Å². The number of ether oxygens (including phenoxy) is 1. The third-order valence-electron chi connectivity index (χ3n) is 4.60. The number of nitrogens with zero attached hydrogens (tertiary/aromatic N) is 1. The van der Waals surface area contributed by atoms with Gasteiger partial charge in [-0.1, -0.05) is 6.92 Å². The van der Waals surface area contributed by atoms with E-state index >= 15 is 0 Å². The van der Waals surface area contributed by atoms with Crippen LogP contribution in [0.5, 0.6) is 0 Å². The Morgan fingerprint density at radius 2 is 2.20 bits per heavy atom. The van der Waals surface area contributed by atoms with Gasteiger partial charge in [0.2, 0.25) is 0 Å². The number of hydrogen-bond donors (Lipinski definition) is 1. The van der Waals surface area contributed by atoms with E-state index in [1.165, 1.54) is 6.42 Å². The molecule has 1 aliphatic carbocycles. The summed E-state index contributed by atoms with van der Waals surface area (Å²) in [6.07, 6.45) is 2.59. The average Bonchev–Trinajstić information content (AvgIpc) is 3.03. The molecular weight excluding hydrogens is 252 g/mol. The Hall–Kier alpha value is -0.840. The van der Waals surface area contributed by atoms with E-state index in [1.54, 1.807) is 0 Å². The lowest BCUT2D eigenvalue weighted by Crippen LogP contribution is -2.37. The van der Waals surface area contributed by atoms with E-state index in [0.29, 0.717) is 12.5 Å². The van der Waals surface area contributed by atoms with Crippen LogP contribution in [-0.2, 0) is 4.74 Å². The third kappa shape index (κ3) is 2.92. The summed E-state index contributed by atoms with van der Waals surface area (Å²) in [5, 5.41) is 0. The molecule has 0 aromatic carbocycles. The minimum Gasteiger partial charge on any atom is -0.464 e. The fraction of sp³-hybridized carbons (Fsp3) is 0.750. The highest BCUT2D eigenvalue weighted by atomic mass is 16.5. The predicted molar refractivity (Wildman–Crippen MR) is 78.6 cm³/mol. The van der Waals surface area contributed by atoms with Crippen LogP contribution in [0.4, 0.5) is 0 Å². The van der Waals surface area contributed by atoms with Crippen molar-refractivity contribution in [1.29, 1.82) is 0 Å². The molecule has 1 aromatic heterocycles. The van der Waals surface area contributed by atoms with Crippen molar-refractivity contribution in [3.63, 3.8) is 0 Å². The normalized spacial score (nSPS) is 32.9. The summed E-state index contributed by atoms with van der Waals surface area (Å²) in [6, 6.07) is 4.44. The molecule has 1 saturated carbocycles. The van der Waals surface area contributed by atoms with Crippen LogP contribution >= 0.6 is 0 Å². The van der Waals surface area contributed by atoms with Crippen molar-refractivity contribution < 1.29 is 9.15 Å². The Balaban J connectivity index is 1.73. The molecule has 4 nitrogen and oxygen atoms in total. The smallest absolute Gasteiger partial charge is 0.122 e. The molecule has 0 bridgehead atoms. The quantitative estimate of drug-likeness (QED) is 0.919. The van der Waals surface area contributed by atoms with Crippen molar-refractivity contribution in [2.75, 3.05) is 26.2 Å². The highest BCUT2D eigenvalue weighted by Crippen LogP contribution is 2.47. The Bertz CT molecular complexity index is 445. The summed E-state index contributed by atoms with van der Waals surface area (Å²) in [4.78, 5) is 2.41. The molecule has 1 saturated heterocycles. The van der Waals surface area contributed by atoms with Gasteiger partial charge in [-0.3, -0.25) is 4.90 Å². The summed E-state index contributed by atoms with van der Waals surface area (Å²) in [5.41, 5.74) is 6.02. The van der Waals surface area contributed by atoms with Crippen LogP contribution in [0.1, 0.15) is 50.2 Å². The lowest BCUT2D eigenvalue weighted by Gasteiger charge is -2.29. The molecule has 2 aliphatic rings. The highest BCUT2D eigenvalue weighted by molar-refractivity contribution is 5.19. The van der Waals surface area contributed by atoms with E-state index in [1.807, 2.05) is 0 Å². The van der Waals surface area contributed by atoms with Gasteiger partial charge in [-0.25, -0.2) is 0 Å². The molecule has 3 rings (SSSR count). The standard InChI is InChI=1S/C16H26N2O2/c1-11-8-13(11)15-4-5-16(20-15)14(9-17)18-6-3-7-19-12(2)10-18/h4-5,11-14H,3,6-10,17H2,1-2H3. The second-order valence-corrected chi connectivity index (χ2v) is 6.34. The molecule has 4 unspecified atom stereocenters. The third-order valence-corrected chi connectivity index (χ3v) is 4.60. The molecule has 4 heteroatoms. The zero-order valence-electron chi connectivity index (χ0n) is 12.5. The average molecular weight is 278 g/mol. The van der Waals surface area contributed by atoms with Crippen molar-refractivity contribution in [1.82, 2.24) is 4.90 Å². The second-order valence-electron chi connectivity index (χ2n) is 6.34. The number of nitrogens with two attached hydrogens (primary N) is 1. The summed E-state index contributed by atoms with van der Waals surface area (Å²) in [5.74, 6) is 3.58. The van der Waals surface area contributed by atoms with Gasteiger partial charge in [-0.15, -0.1) is 0 Å². The topological polar surface area (TPSA) is 51.6 Å². The first-order valence-electron chi connectivity index (χ1n) is 7.84. The van der Waals surface area contributed by atoms with E-state index in [4.69, 9.17) is 14.9 Å². The molecule has 1 aromatic rings. The molecule has 0 spiro atoms. The van der Waals surface area contributed by atoms with Gasteiger partial charge in [-0.05, 0) is 37.8 Å². The number of furan rings is 1. The summed E-state index contributed by atoms with van der Waals surface area (Å²) >= 11 is 0. The van der Waals surface area contributed by atoms with E-state index in [-0.39, 0.29) is 12.1 Å². The Morgan fingerprint density at radius 3 is 2.90 bits per heavy atom. The summed E-state index contributed by atoms with van der Waals surface area (Å²) in [6.45, 7) is 7.81. The zero-order chi connectivity index (χ0) is 14.1. The van der Waals surface area contributed by atoms with Gasteiger partial charge in [0, 0.05) is 32.2 Å². The first kappa shape index (κ1) is 14.1. The van der Waals surface area contributed by atoms with Crippen molar-refractivity contribution >= 4 is 0 Å². The predicted octanol–water partition coefficient (Wildman–Crippen LogP) is 2.51. The fourth-order valence-electron chi connectivity index (χ4n) is 3.22. The van der Waals surface area contributed by atoms with E-state index in [0.717, 1.165) is 43.6 Å². The van der Waals surface area contributed by atoms with E-state index < -0.39 is 0 Å². The lowest BCUT2D eigenvalue weighted by molar-refractivity contribution is 0.0590. The zero-order valence-corrected chi connectivity index (χ0v) is 12.5. The molecule has 2 heterocycles. The van der Waals surface area contributed by atoms with Crippen LogP contribution < -0.4 is 5.73 Å². The fourth-order valence-corrected chi connectivity index (χ4v) is 3.22. The molecule has 4 atom stereocenters. The van der Waals surface area contributed by atoms with Gasteiger partial charge < -0.3 is 14.9 Å². The number of hydrogen-bond acceptors (Lipinski definition) is 4. The van der Waals surface area contributed by atoms with Gasteiger partial charge in [0.1, 0.15) is 11.5 Å². The Kier molecular flexibility index (Phi) is 4.15. The second kappa shape index (κ2) is 5.88. The molecule has 0 radical (unpaired) electrons. The molecule has 0 amide bonds. The first-order valence-corrected chi connectivity index (χ1v) is 7.84. The lowest BCUT2D eigenvalue weighted by atomic mass is 10.1. The molecule has 2 fully saturated rings. The van der Waals surface area contributed by atoms with Gasteiger partial charge >= 0.3 is 0 Å². The minimum absolute atomic E-state index is 0.182. The van der Waals surface area contributed by atoms with Gasteiger partial charge in [0.25, 0.3) is 0 Å². The maximum Gasteiger partial charge on any atom is 0.122 e. The largest absolute Gasteiger partial charge is 0.464 e. The van der Waals surface area contributed by atoms with Crippen LogP contribution in [0.25, 0.3) is 0 Å². The molecule has 1 aliphatic heterocycles. The monoisotopic (exact) mass is 278 g/mol. The van der Waals surface area contributed by atoms with E-state index in [9.17, 15) is 0 Å². The number of rotatable bonds is 4. The van der Waals surface area contributed by atoms with Crippen LogP contribution in [-0.4, -0.2) is 37.2 Å². The highest BCUT2D eigenvalue weighted by Gasteiger charge is 2.37. The minimum atomic E-state index is 0.182. The van der Waals surface area contributed by atoms with Crippen LogP contribution in [0.3, 0.4) is 0 Å². The maximum atomic E-state index is 6.10. The van der Waals surface area contributed by atoms with Gasteiger partial charge in [0.05, 0.1) is 12.1 Å². The van der Waals surface area contributed by atoms with Crippen molar-refractivity contribution in [3.8, 4) is 0 Å². The molecule has 112 valence electrons. The molecular formula is C16H26N2O2. The molecule has 2 N–H and O–H groups in total. The first-order chi connectivity index (χ1) is 9.69. The van der Waals surface area contributed by atoms with Gasteiger partial charge in [-0.2, -0.15) is 0 Å². The molecule has 20 heavy (non-hydrogen) atoms. The van der Waals surface area contributed by atoms with Crippen molar-refractivity contribution in [3.05, 3.63) is 23.7 Å². The van der Waals surface area contributed by atoms with Crippen LogP contribution in [0.15, 0.2) is 16.5 Å².